The molecule has 0 amide bonds. The Morgan fingerprint density at radius 2 is 2.19 bits per heavy atom. The summed E-state index contributed by atoms with van der Waals surface area (Å²) in [5.74, 6) is 0.968. The van der Waals surface area contributed by atoms with Crippen LogP contribution in [-0.2, 0) is 4.74 Å². The van der Waals surface area contributed by atoms with Gasteiger partial charge in [0.25, 0.3) is 0 Å². The summed E-state index contributed by atoms with van der Waals surface area (Å²) in [4.78, 5) is 11.5. The summed E-state index contributed by atoms with van der Waals surface area (Å²) < 4.78 is 10.4. The fraction of sp³-hybridized carbons (Fsp3) is 0.462. The number of benzene rings is 1. The van der Waals surface area contributed by atoms with E-state index in [9.17, 15) is 4.79 Å². The van der Waals surface area contributed by atoms with E-state index in [0.29, 0.717) is 23.8 Å². The number of ether oxygens (including phenoxy) is 2. The zero-order chi connectivity index (χ0) is 11.5. The predicted molar refractivity (Wildman–Crippen MR) is 60.7 cm³/mol. The molecule has 1 aromatic carbocycles. The minimum Gasteiger partial charge on any atom is -0.492 e. The highest BCUT2D eigenvalue weighted by molar-refractivity contribution is 5.92. The van der Waals surface area contributed by atoms with Gasteiger partial charge in [-0.2, -0.15) is 0 Å². The third-order valence-corrected chi connectivity index (χ3v) is 2.71. The van der Waals surface area contributed by atoms with Crippen molar-refractivity contribution in [2.24, 2.45) is 5.92 Å². The van der Waals surface area contributed by atoms with Gasteiger partial charge in [0.15, 0.2) is 0 Å². The Labute approximate surface area is 95.4 Å². The van der Waals surface area contributed by atoms with Gasteiger partial charge in [0.1, 0.15) is 11.3 Å². The first kappa shape index (κ1) is 11.0. The molecule has 1 aliphatic rings. The molecule has 86 valence electrons. The Morgan fingerprint density at radius 3 is 2.81 bits per heavy atom. The van der Waals surface area contributed by atoms with E-state index < -0.39 is 0 Å². The van der Waals surface area contributed by atoms with Gasteiger partial charge in [-0.25, -0.2) is 4.79 Å². The van der Waals surface area contributed by atoms with Crippen LogP contribution in [0.15, 0.2) is 18.2 Å². The molecule has 0 radical (unpaired) electrons. The zero-order valence-corrected chi connectivity index (χ0v) is 9.66. The Morgan fingerprint density at radius 1 is 1.44 bits per heavy atom. The van der Waals surface area contributed by atoms with Crippen LogP contribution in [0.25, 0.3) is 0 Å². The number of methoxy groups -OCH3 is 1. The van der Waals surface area contributed by atoms with Crippen molar-refractivity contribution in [3.63, 3.8) is 0 Å². The molecular weight excluding hydrogens is 204 g/mol. The summed E-state index contributed by atoms with van der Waals surface area (Å²) in [7, 11) is 1.38. The SMILES string of the molecule is COC(=O)c1ccc(C)cc1OCC1CC1. The van der Waals surface area contributed by atoms with Crippen molar-refractivity contribution in [3.05, 3.63) is 29.3 Å². The van der Waals surface area contributed by atoms with E-state index in [-0.39, 0.29) is 5.97 Å². The predicted octanol–water partition coefficient (Wildman–Crippen LogP) is 2.57. The molecule has 3 heteroatoms. The first-order valence-electron chi connectivity index (χ1n) is 5.52. The lowest BCUT2D eigenvalue weighted by Gasteiger charge is -2.10. The highest BCUT2D eigenvalue weighted by Gasteiger charge is 2.23. The molecule has 16 heavy (non-hydrogen) atoms. The van der Waals surface area contributed by atoms with Crippen molar-refractivity contribution in [2.45, 2.75) is 19.8 Å². The molecule has 1 aromatic rings. The molecular formula is C13H16O3. The maximum absolute atomic E-state index is 11.5. The Bertz CT molecular complexity index is 394. The highest BCUT2D eigenvalue weighted by Crippen LogP contribution is 2.30. The largest absolute Gasteiger partial charge is 0.492 e. The third-order valence-electron chi connectivity index (χ3n) is 2.71. The Hall–Kier alpha value is -1.51. The summed E-state index contributed by atoms with van der Waals surface area (Å²) in [6, 6.07) is 5.52. The summed E-state index contributed by atoms with van der Waals surface area (Å²) in [5, 5.41) is 0. The van der Waals surface area contributed by atoms with Gasteiger partial charge in [-0.05, 0) is 43.4 Å². The van der Waals surface area contributed by atoms with Gasteiger partial charge in [-0.1, -0.05) is 6.07 Å². The standard InChI is InChI=1S/C13H16O3/c1-9-3-6-11(13(14)15-2)12(7-9)16-8-10-4-5-10/h3,6-7,10H,4-5,8H2,1-2H3. The molecule has 3 nitrogen and oxygen atoms in total. The summed E-state index contributed by atoms with van der Waals surface area (Å²) in [6.07, 6.45) is 2.47. The van der Waals surface area contributed by atoms with Crippen LogP contribution >= 0.6 is 0 Å². The van der Waals surface area contributed by atoms with Gasteiger partial charge in [0, 0.05) is 0 Å². The van der Waals surface area contributed by atoms with Crippen molar-refractivity contribution in [1.29, 1.82) is 0 Å². The van der Waals surface area contributed by atoms with E-state index in [0.717, 1.165) is 5.56 Å². The van der Waals surface area contributed by atoms with Crippen LogP contribution in [0.5, 0.6) is 5.75 Å². The molecule has 1 fully saturated rings. The number of rotatable bonds is 4. The van der Waals surface area contributed by atoms with Crippen LogP contribution in [-0.4, -0.2) is 19.7 Å². The fourth-order valence-corrected chi connectivity index (χ4v) is 1.52. The van der Waals surface area contributed by atoms with E-state index in [1.54, 1.807) is 6.07 Å². The van der Waals surface area contributed by atoms with Crippen molar-refractivity contribution in [1.82, 2.24) is 0 Å². The second-order valence-electron chi connectivity index (χ2n) is 4.25. The van der Waals surface area contributed by atoms with E-state index in [4.69, 9.17) is 9.47 Å². The third kappa shape index (κ3) is 2.54. The molecule has 0 heterocycles. The van der Waals surface area contributed by atoms with Crippen LogP contribution in [0.1, 0.15) is 28.8 Å². The van der Waals surface area contributed by atoms with Crippen molar-refractivity contribution >= 4 is 5.97 Å². The van der Waals surface area contributed by atoms with Gasteiger partial charge >= 0.3 is 5.97 Å². The Balaban J connectivity index is 2.16. The fourth-order valence-electron chi connectivity index (χ4n) is 1.52. The number of carbonyl (C=O) groups excluding carboxylic acids is 1. The van der Waals surface area contributed by atoms with Crippen LogP contribution in [0.2, 0.25) is 0 Å². The molecule has 0 N–H and O–H groups in total. The average molecular weight is 220 g/mol. The lowest BCUT2D eigenvalue weighted by molar-refractivity contribution is 0.0595. The first-order valence-corrected chi connectivity index (χ1v) is 5.52. The molecule has 2 rings (SSSR count). The lowest BCUT2D eigenvalue weighted by Crippen LogP contribution is -2.07. The number of esters is 1. The van der Waals surface area contributed by atoms with Crippen LogP contribution in [0.3, 0.4) is 0 Å². The summed E-state index contributed by atoms with van der Waals surface area (Å²) >= 11 is 0. The molecule has 0 bridgehead atoms. The molecule has 0 aliphatic heterocycles. The smallest absolute Gasteiger partial charge is 0.341 e. The van der Waals surface area contributed by atoms with Crippen molar-refractivity contribution in [2.75, 3.05) is 13.7 Å². The van der Waals surface area contributed by atoms with E-state index in [1.807, 2.05) is 19.1 Å². The minimum absolute atomic E-state index is 0.342. The first-order chi connectivity index (χ1) is 7.70. The average Bonchev–Trinajstić information content (AvgIpc) is 3.09. The minimum atomic E-state index is -0.342. The van der Waals surface area contributed by atoms with E-state index in [2.05, 4.69) is 0 Å². The van der Waals surface area contributed by atoms with Gasteiger partial charge in [0.05, 0.1) is 13.7 Å². The molecule has 1 saturated carbocycles. The quantitative estimate of drug-likeness (QED) is 0.731. The summed E-state index contributed by atoms with van der Waals surface area (Å²) in [5.41, 5.74) is 1.59. The van der Waals surface area contributed by atoms with Gasteiger partial charge in [-0.15, -0.1) is 0 Å². The normalized spacial score (nSPS) is 14.6. The topological polar surface area (TPSA) is 35.5 Å². The molecule has 1 aliphatic carbocycles. The number of aryl methyl sites for hydroxylation is 1. The second kappa shape index (κ2) is 4.56. The maximum atomic E-state index is 11.5. The van der Waals surface area contributed by atoms with Gasteiger partial charge in [0.2, 0.25) is 0 Å². The molecule has 0 unspecified atom stereocenters. The van der Waals surface area contributed by atoms with Crippen molar-refractivity contribution < 1.29 is 14.3 Å². The van der Waals surface area contributed by atoms with Gasteiger partial charge < -0.3 is 9.47 Å². The number of hydrogen-bond acceptors (Lipinski definition) is 3. The maximum Gasteiger partial charge on any atom is 0.341 e. The molecule has 0 spiro atoms. The van der Waals surface area contributed by atoms with Gasteiger partial charge in [-0.3, -0.25) is 0 Å². The lowest BCUT2D eigenvalue weighted by atomic mass is 10.1. The van der Waals surface area contributed by atoms with E-state index >= 15 is 0 Å². The molecule has 0 saturated heterocycles. The van der Waals surface area contributed by atoms with Crippen LogP contribution in [0, 0.1) is 12.8 Å². The van der Waals surface area contributed by atoms with Crippen LogP contribution in [0.4, 0.5) is 0 Å². The number of carbonyl (C=O) groups is 1. The second-order valence-corrected chi connectivity index (χ2v) is 4.25. The highest BCUT2D eigenvalue weighted by atomic mass is 16.5. The molecule has 0 atom stereocenters. The van der Waals surface area contributed by atoms with Crippen LogP contribution < -0.4 is 4.74 Å². The summed E-state index contributed by atoms with van der Waals surface area (Å²) in [6.45, 7) is 2.68. The monoisotopic (exact) mass is 220 g/mol. The molecule has 0 aromatic heterocycles. The van der Waals surface area contributed by atoms with E-state index in [1.165, 1.54) is 20.0 Å². The zero-order valence-electron chi connectivity index (χ0n) is 9.66. The Kier molecular flexibility index (Phi) is 3.13. The van der Waals surface area contributed by atoms with Crippen molar-refractivity contribution in [3.8, 4) is 5.75 Å². The number of hydrogen-bond donors (Lipinski definition) is 0.